The van der Waals surface area contributed by atoms with Crippen LogP contribution in [0.1, 0.15) is 24.0 Å². The molecule has 1 aromatic heterocycles. The van der Waals surface area contributed by atoms with Crippen LogP contribution >= 0.6 is 11.6 Å². The van der Waals surface area contributed by atoms with Crippen molar-refractivity contribution in [3.63, 3.8) is 0 Å². The molecule has 2 aromatic rings. The lowest BCUT2D eigenvalue weighted by atomic mass is 10.2. The van der Waals surface area contributed by atoms with E-state index in [-0.39, 0.29) is 17.7 Å². The highest BCUT2D eigenvalue weighted by molar-refractivity contribution is 6.30. The van der Waals surface area contributed by atoms with Gasteiger partial charge in [-0.2, -0.15) is 0 Å². The molecule has 0 unspecified atom stereocenters. The third kappa shape index (κ3) is 2.87. The van der Waals surface area contributed by atoms with Gasteiger partial charge in [-0.25, -0.2) is 0 Å². The lowest BCUT2D eigenvalue weighted by Crippen LogP contribution is -2.24. The maximum atomic E-state index is 11.6. The van der Waals surface area contributed by atoms with E-state index in [0.717, 1.165) is 6.42 Å². The first kappa shape index (κ1) is 12.6. The fourth-order valence-electron chi connectivity index (χ4n) is 1.37. The van der Waals surface area contributed by atoms with Crippen molar-refractivity contribution < 1.29 is 9.21 Å². The number of carbonyl (C=O) groups excluding carboxylic acids is 1. The lowest BCUT2D eigenvalue weighted by molar-refractivity contribution is 0.0919. The third-order valence-electron chi connectivity index (χ3n) is 2.23. The Morgan fingerprint density at radius 2 is 2.28 bits per heavy atom. The molecule has 0 saturated heterocycles. The first-order valence-corrected chi connectivity index (χ1v) is 5.96. The van der Waals surface area contributed by atoms with Gasteiger partial charge in [0.1, 0.15) is 0 Å². The molecule has 18 heavy (non-hydrogen) atoms. The molecular weight excluding hydrogens is 254 g/mol. The van der Waals surface area contributed by atoms with Crippen LogP contribution in [0.5, 0.6) is 0 Å². The molecular formula is C12H12ClN3O2. The van der Waals surface area contributed by atoms with Crippen LogP contribution in [0, 0.1) is 0 Å². The molecule has 0 atom stereocenters. The molecule has 0 fully saturated rings. The summed E-state index contributed by atoms with van der Waals surface area (Å²) in [7, 11) is 0. The Hall–Kier alpha value is -1.88. The second-order valence-corrected chi connectivity index (χ2v) is 4.12. The van der Waals surface area contributed by atoms with Crippen molar-refractivity contribution in [2.24, 2.45) is 0 Å². The summed E-state index contributed by atoms with van der Waals surface area (Å²) in [6.45, 7) is 2.54. The number of nitrogens with one attached hydrogen (secondary N) is 1. The molecule has 0 spiro atoms. The van der Waals surface area contributed by atoms with Crippen molar-refractivity contribution in [1.29, 1.82) is 0 Å². The Morgan fingerprint density at radius 1 is 1.44 bits per heavy atom. The van der Waals surface area contributed by atoms with Crippen LogP contribution < -0.4 is 5.32 Å². The molecule has 94 valence electrons. The summed E-state index contributed by atoms with van der Waals surface area (Å²) in [5.41, 5.74) is 0.685. The first-order valence-electron chi connectivity index (χ1n) is 5.58. The highest BCUT2D eigenvalue weighted by Gasteiger charge is 2.15. The number of halogens is 1. The number of carbonyl (C=O) groups is 1. The van der Waals surface area contributed by atoms with Crippen LogP contribution in [-0.4, -0.2) is 22.6 Å². The summed E-state index contributed by atoms with van der Waals surface area (Å²) < 4.78 is 5.29. The van der Waals surface area contributed by atoms with Gasteiger partial charge in [0.05, 0.1) is 0 Å². The number of amides is 1. The number of rotatable bonds is 4. The summed E-state index contributed by atoms with van der Waals surface area (Å²) in [5, 5.41) is 10.8. The third-order valence-corrected chi connectivity index (χ3v) is 2.46. The number of hydrogen-bond donors (Lipinski definition) is 1. The summed E-state index contributed by atoms with van der Waals surface area (Å²) in [4.78, 5) is 11.6. The van der Waals surface area contributed by atoms with Gasteiger partial charge in [0, 0.05) is 17.1 Å². The van der Waals surface area contributed by atoms with E-state index in [9.17, 15) is 4.79 Å². The van der Waals surface area contributed by atoms with Gasteiger partial charge in [0.25, 0.3) is 0 Å². The van der Waals surface area contributed by atoms with Gasteiger partial charge >= 0.3 is 11.8 Å². The Labute approximate surface area is 109 Å². The van der Waals surface area contributed by atoms with Gasteiger partial charge < -0.3 is 9.73 Å². The van der Waals surface area contributed by atoms with Crippen molar-refractivity contribution in [3.05, 3.63) is 35.2 Å². The van der Waals surface area contributed by atoms with E-state index in [4.69, 9.17) is 16.0 Å². The van der Waals surface area contributed by atoms with E-state index in [1.807, 2.05) is 6.92 Å². The molecule has 6 heteroatoms. The maximum Gasteiger partial charge on any atom is 0.308 e. The van der Waals surface area contributed by atoms with Crippen molar-refractivity contribution in [1.82, 2.24) is 15.5 Å². The Balaban J connectivity index is 2.17. The normalized spacial score (nSPS) is 10.3. The number of aromatic nitrogens is 2. The Kier molecular flexibility index (Phi) is 3.94. The minimum Gasteiger partial charge on any atom is -0.412 e. The van der Waals surface area contributed by atoms with Gasteiger partial charge in [-0.05, 0) is 24.6 Å². The topological polar surface area (TPSA) is 68.0 Å². The van der Waals surface area contributed by atoms with Gasteiger partial charge in [-0.3, -0.25) is 4.79 Å². The summed E-state index contributed by atoms with van der Waals surface area (Å²) in [6.07, 6.45) is 0.848. The van der Waals surface area contributed by atoms with Crippen molar-refractivity contribution in [2.45, 2.75) is 13.3 Å². The minimum atomic E-state index is -0.363. The average molecular weight is 266 g/mol. The van der Waals surface area contributed by atoms with Gasteiger partial charge in [-0.15, -0.1) is 10.2 Å². The quantitative estimate of drug-likeness (QED) is 0.922. The van der Waals surface area contributed by atoms with E-state index < -0.39 is 0 Å². The van der Waals surface area contributed by atoms with Crippen LogP contribution in [0.4, 0.5) is 0 Å². The van der Waals surface area contributed by atoms with E-state index in [0.29, 0.717) is 17.1 Å². The van der Waals surface area contributed by atoms with Crippen molar-refractivity contribution >= 4 is 17.5 Å². The largest absolute Gasteiger partial charge is 0.412 e. The summed E-state index contributed by atoms with van der Waals surface area (Å²) >= 11 is 5.86. The highest BCUT2D eigenvalue weighted by Crippen LogP contribution is 2.21. The molecule has 0 aliphatic rings. The van der Waals surface area contributed by atoms with Crippen LogP contribution in [0.3, 0.4) is 0 Å². The zero-order valence-electron chi connectivity index (χ0n) is 9.81. The molecule has 1 amide bonds. The Bertz CT molecular complexity index is 554. The molecule has 1 heterocycles. The maximum absolute atomic E-state index is 11.6. The molecule has 1 aromatic carbocycles. The second-order valence-electron chi connectivity index (χ2n) is 3.68. The fraction of sp³-hybridized carbons (Fsp3) is 0.250. The lowest BCUT2D eigenvalue weighted by Gasteiger charge is -1.97. The van der Waals surface area contributed by atoms with Crippen LogP contribution in [0.25, 0.3) is 11.5 Å². The molecule has 2 rings (SSSR count). The van der Waals surface area contributed by atoms with Crippen LogP contribution in [-0.2, 0) is 0 Å². The highest BCUT2D eigenvalue weighted by atomic mass is 35.5. The van der Waals surface area contributed by atoms with Gasteiger partial charge in [0.2, 0.25) is 5.89 Å². The van der Waals surface area contributed by atoms with Crippen LogP contribution in [0.15, 0.2) is 28.7 Å². The van der Waals surface area contributed by atoms with E-state index in [1.54, 1.807) is 24.3 Å². The molecule has 0 bridgehead atoms. The Morgan fingerprint density at radius 3 is 3.00 bits per heavy atom. The zero-order valence-corrected chi connectivity index (χ0v) is 10.6. The molecule has 5 nitrogen and oxygen atoms in total. The standard InChI is InChI=1S/C12H12ClN3O2/c1-2-6-14-10(17)12-16-15-11(18-12)8-4-3-5-9(13)7-8/h3-5,7H,2,6H2,1H3,(H,14,17). The number of nitrogens with zero attached hydrogens (tertiary/aromatic N) is 2. The van der Waals surface area contributed by atoms with E-state index in [2.05, 4.69) is 15.5 Å². The van der Waals surface area contributed by atoms with E-state index in [1.165, 1.54) is 0 Å². The molecule has 0 aliphatic carbocycles. The predicted octanol–water partition coefficient (Wildman–Crippen LogP) is 2.53. The predicted molar refractivity (Wildman–Crippen MR) is 67.4 cm³/mol. The second kappa shape index (κ2) is 5.64. The van der Waals surface area contributed by atoms with Crippen LogP contribution in [0.2, 0.25) is 5.02 Å². The monoisotopic (exact) mass is 265 g/mol. The van der Waals surface area contributed by atoms with Gasteiger partial charge in [-0.1, -0.05) is 24.6 Å². The van der Waals surface area contributed by atoms with Gasteiger partial charge in [0.15, 0.2) is 0 Å². The SMILES string of the molecule is CCCNC(=O)c1nnc(-c2cccc(Cl)c2)o1. The molecule has 0 radical (unpaired) electrons. The number of benzene rings is 1. The molecule has 0 saturated carbocycles. The first-order chi connectivity index (χ1) is 8.70. The summed E-state index contributed by atoms with van der Waals surface area (Å²) in [6, 6.07) is 7.00. The van der Waals surface area contributed by atoms with Crippen molar-refractivity contribution in [3.8, 4) is 11.5 Å². The number of hydrogen-bond acceptors (Lipinski definition) is 4. The molecule has 0 aliphatic heterocycles. The van der Waals surface area contributed by atoms with Crippen molar-refractivity contribution in [2.75, 3.05) is 6.54 Å². The summed E-state index contributed by atoms with van der Waals surface area (Å²) in [5.74, 6) is -0.129. The fourth-order valence-corrected chi connectivity index (χ4v) is 1.56. The average Bonchev–Trinajstić information content (AvgIpc) is 2.85. The zero-order chi connectivity index (χ0) is 13.0. The molecule has 1 N–H and O–H groups in total. The smallest absolute Gasteiger partial charge is 0.308 e. The minimum absolute atomic E-state index is 0.0431. The van der Waals surface area contributed by atoms with E-state index >= 15 is 0 Å².